The van der Waals surface area contributed by atoms with Crippen molar-refractivity contribution in [3.05, 3.63) is 71.5 Å². The van der Waals surface area contributed by atoms with Crippen LogP contribution in [0.25, 0.3) is 0 Å². The van der Waals surface area contributed by atoms with Crippen LogP contribution in [-0.2, 0) is 16.0 Å². The summed E-state index contributed by atoms with van der Waals surface area (Å²) in [6.45, 7) is 0. The van der Waals surface area contributed by atoms with E-state index in [9.17, 15) is 14.0 Å². The molecule has 6 nitrogen and oxygen atoms in total. The van der Waals surface area contributed by atoms with E-state index in [1.165, 1.54) is 24.3 Å². The van der Waals surface area contributed by atoms with Gasteiger partial charge in [-0.2, -0.15) is 0 Å². The summed E-state index contributed by atoms with van der Waals surface area (Å²) in [7, 11) is 0. The number of amides is 2. The number of nitrogens with two attached hydrogens (primary N) is 2. The van der Waals surface area contributed by atoms with Crippen LogP contribution in [0.3, 0.4) is 0 Å². The average molecular weight is 316 g/mol. The lowest BCUT2D eigenvalue weighted by Gasteiger charge is -2.21. The van der Waals surface area contributed by atoms with Crippen molar-refractivity contribution in [2.24, 2.45) is 11.7 Å². The molecule has 0 heterocycles. The number of hydrazine groups is 2. The molecule has 0 aromatic heterocycles. The quantitative estimate of drug-likeness (QED) is 0.430. The van der Waals surface area contributed by atoms with Crippen LogP contribution in [0, 0.1) is 5.82 Å². The minimum Gasteiger partial charge on any atom is -0.273 e. The van der Waals surface area contributed by atoms with E-state index < -0.39 is 23.7 Å². The number of benzene rings is 2. The lowest BCUT2D eigenvalue weighted by molar-refractivity contribution is -0.146. The average Bonchev–Trinajstić information content (AvgIpc) is 2.57. The highest BCUT2D eigenvalue weighted by Crippen LogP contribution is 2.15. The first kappa shape index (κ1) is 16.8. The van der Waals surface area contributed by atoms with Crippen molar-refractivity contribution in [3.63, 3.8) is 0 Å². The number of hydrogen-bond donors (Lipinski definition) is 3. The van der Waals surface area contributed by atoms with Crippen molar-refractivity contribution >= 4 is 11.8 Å². The van der Waals surface area contributed by atoms with Crippen LogP contribution in [-0.4, -0.2) is 16.8 Å². The normalized spacial score (nSPS) is 11.8. The predicted molar refractivity (Wildman–Crippen MR) is 82.7 cm³/mol. The number of halogens is 1. The minimum absolute atomic E-state index is 0.0101. The van der Waals surface area contributed by atoms with Crippen molar-refractivity contribution < 1.29 is 14.0 Å². The number of carbonyl (C=O) groups is 2. The summed E-state index contributed by atoms with van der Waals surface area (Å²) in [5, 5.41) is 0.529. The van der Waals surface area contributed by atoms with Gasteiger partial charge in [-0.25, -0.2) is 20.7 Å². The van der Waals surface area contributed by atoms with E-state index in [4.69, 9.17) is 11.7 Å². The predicted octanol–water partition coefficient (Wildman–Crippen LogP) is 0.802. The molecule has 23 heavy (non-hydrogen) atoms. The van der Waals surface area contributed by atoms with E-state index in [0.29, 0.717) is 10.6 Å². The fourth-order valence-electron chi connectivity index (χ4n) is 2.08. The maximum atomic E-state index is 13.0. The molecule has 2 rings (SSSR count). The third-order valence-electron chi connectivity index (χ3n) is 3.32. The maximum absolute atomic E-state index is 13.0. The van der Waals surface area contributed by atoms with Crippen LogP contribution in [0.4, 0.5) is 4.39 Å². The van der Waals surface area contributed by atoms with Gasteiger partial charge >= 0.3 is 0 Å². The Labute approximate surface area is 132 Å². The fourth-order valence-corrected chi connectivity index (χ4v) is 2.08. The van der Waals surface area contributed by atoms with Gasteiger partial charge in [0.2, 0.25) is 5.91 Å². The molecule has 0 saturated carbocycles. The van der Waals surface area contributed by atoms with Gasteiger partial charge in [0.15, 0.2) is 0 Å². The molecule has 0 bridgehead atoms. The monoisotopic (exact) mass is 316 g/mol. The number of rotatable bonds is 5. The minimum atomic E-state index is -1.04. The van der Waals surface area contributed by atoms with E-state index in [1.54, 1.807) is 24.3 Å². The van der Waals surface area contributed by atoms with E-state index in [1.807, 2.05) is 6.07 Å². The molecule has 0 saturated heterocycles. The third-order valence-corrected chi connectivity index (χ3v) is 3.32. The SMILES string of the molecule is NNC(C(=O)N(N)C(=O)Cc1ccccc1)c1ccc(F)cc1. The van der Waals surface area contributed by atoms with Crippen LogP contribution in [0.15, 0.2) is 54.6 Å². The van der Waals surface area contributed by atoms with E-state index >= 15 is 0 Å². The highest BCUT2D eigenvalue weighted by Gasteiger charge is 2.27. The Balaban J connectivity index is 2.10. The topological polar surface area (TPSA) is 101 Å². The number of hydrogen-bond acceptors (Lipinski definition) is 5. The summed E-state index contributed by atoms with van der Waals surface area (Å²) in [6.07, 6.45) is -0.0101. The summed E-state index contributed by atoms with van der Waals surface area (Å²) < 4.78 is 13.0. The van der Waals surface area contributed by atoms with Crippen LogP contribution in [0.2, 0.25) is 0 Å². The molecule has 5 N–H and O–H groups in total. The van der Waals surface area contributed by atoms with Crippen molar-refractivity contribution in [1.29, 1.82) is 0 Å². The lowest BCUT2D eigenvalue weighted by Crippen LogP contribution is -2.50. The molecule has 0 radical (unpaired) electrons. The summed E-state index contributed by atoms with van der Waals surface area (Å²) in [6, 6.07) is 13.0. The number of imide groups is 1. The Kier molecular flexibility index (Phi) is 5.53. The summed E-state index contributed by atoms with van der Waals surface area (Å²) in [5.74, 6) is 9.26. The third kappa shape index (κ3) is 4.19. The zero-order valence-corrected chi connectivity index (χ0v) is 12.3. The molecule has 120 valence electrons. The van der Waals surface area contributed by atoms with E-state index in [2.05, 4.69) is 5.43 Å². The fraction of sp³-hybridized carbons (Fsp3) is 0.125. The van der Waals surface area contributed by atoms with Crippen molar-refractivity contribution in [3.8, 4) is 0 Å². The summed E-state index contributed by atoms with van der Waals surface area (Å²) in [4.78, 5) is 24.4. The van der Waals surface area contributed by atoms with Gasteiger partial charge in [0.1, 0.15) is 11.9 Å². The van der Waals surface area contributed by atoms with E-state index in [0.717, 1.165) is 5.56 Å². The second-order valence-corrected chi connectivity index (χ2v) is 4.92. The van der Waals surface area contributed by atoms with Gasteiger partial charge in [0.05, 0.1) is 6.42 Å². The first-order valence-electron chi connectivity index (χ1n) is 6.90. The van der Waals surface area contributed by atoms with Crippen LogP contribution in [0.5, 0.6) is 0 Å². The van der Waals surface area contributed by atoms with Gasteiger partial charge < -0.3 is 0 Å². The van der Waals surface area contributed by atoms with Crippen LogP contribution >= 0.6 is 0 Å². The smallest absolute Gasteiger partial charge is 0.266 e. The lowest BCUT2D eigenvalue weighted by atomic mass is 10.1. The molecule has 0 fully saturated rings. The van der Waals surface area contributed by atoms with Gasteiger partial charge in [0.25, 0.3) is 5.91 Å². The molecule has 7 heteroatoms. The van der Waals surface area contributed by atoms with Crippen molar-refractivity contribution in [1.82, 2.24) is 10.4 Å². The Morgan fingerprint density at radius 2 is 1.70 bits per heavy atom. The first-order chi connectivity index (χ1) is 11.0. The number of nitrogens with one attached hydrogen (secondary N) is 1. The molecule has 0 aliphatic heterocycles. The highest BCUT2D eigenvalue weighted by molar-refractivity contribution is 5.98. The Bertz CT molecular complexity index is 676. The Hall–Kier alpha value is -2.61. The second kappa shape index (κ2) is 7.59. The van der Waals surface area contributed by atoms with Gasteiger partial charge in [-0.05, 0) is 23.3 Å². The zero-order valence-electron chi connectivity index (χ0n) is 12.3. The van der Waals surface area contributed by atoms with Gasteiger partial charge in [-0.15, -0.1) is 0 Å². The Morgan fingerprint density at radius 3 is 2.26 bits per heavy atom. The largest absolute Gasteiger partial charge is 0.273 e. The van der Waals surface area contributed by atoms with Crippen LogP contribution in [0.1, 0.15) is 17.2 Å². The summed E-state index contributed by atoms with van der Waals surface area (Å²) in [5.41, 5.74) is 3.43. The molecule has 0 aliphatic rings. The van der Waals surface area contributed by atoms with E-state index in [-0.39, 0.29) is 6.42 Å². The van der Waals surface area contributed by atoms with Gasteiger partial charge in [0, 0.05) is 0 Å². The highest BCUT2D eigenvalue weighted by atomic mass is 19.1. The van der Waals surface area contributed by atoms with Crippen molar-refractivity contribution in [2.75, 3.05) is 0 Å². The Morgan fingerprint density at radius 1 is 1.09 bits per heavy atom. The van der Waals surface area contributed by atoms with Gasteiger partial charge in [-0.1, -0.05) is 42.5 Å². The van der Waals surface area contributed by atoms with Crippen molar-refractivity contribution in [2.45, 2.75) is 12.5 Å². The summed E-state index contributed by atoms with van der Waals surface area (Å²) >= 11 is 0. The zero-order chi connectivity index (χ0) is 16.8. The maximum Gasteiger partial charge on any atom is 0.266 e. The van der Waals surface area contributed by atoms with Crippen LogP contribution < -0.4 is 17.1 Å². The number of nitrogens with zero attached hydrogens (tertiary/aromatic N) is 1. The first-order valence-corrected chi connectivity index (χ1v) is 6.90. The molecule has 0 spiro atoms. The molecular formula is C16H17FN4O2. The molecule has 1 atom stereocenters. The molecule has 0 aliphatic carbocycles. The standard InChI is InChI=1S/C16H17FN4O2/c17-13-8-6-12(7-9-13)15(20-18)16(23)21(19)14(22)10-11-4-2-1-3-5-11/h1-9,15,20H,10,18-19H2. The molecule has 2 amide bonds. The molecule has 1 unspecified atom stereocenters. The van der Waals surface area contributed by atoms with Gasteiger partial charge in [-0.3, -0.25) is 15.4 Å². The molecular weight excluding hydrogens is 299 g/mol. The molecule has 2 aromatic rings. The number of carbonyl (C=O) groups excluding carboxylic acids is 2. The second-order valence-electron chi connectivity index (χ2n) is 4.92. The molecule has 2 aromatic carbocycles.